The second kappa shape index (κ2) is 3.33. The fourth-order valence-corrected chi connectivity index (χ4v) is 2.15. The molecule has 1 aromatic rings. The molecule has 0 amide bonds. The number of aromatic nitrogens is 2. The zero-order valence-corrected chi connectivity index (χ0v) is 8.83. The van der Waals surface area contributed by atoms with Gasteiger partial charge in [-0.25, -0.2) is 4.98 Å². The lowest BCUT2D eigenvalue weighted by molar-refractivity contribution is 0.111. The summed E-state index contributed by atoms with van der Waals surface area (Å²) >= 11 is 5.70. The predicted octanol–water partition coefficient (Wildman–Crippen LogP) is 2.84. The van der Waals surface area contributed by atoms with Crippen LogP contribution in [0.15, 0.2) is 12.5 Å². The average molecular weight is 199 g/mol. The maximum Gasteiger partial charge on any atom is 0.0952 e. The van der Waals surface area contributed by atoms with Gasteiger partial charge in [0.1, 0.15) is 0 Å². The second-order valence-corrected chi connectivity index (χ2v) is 4.35. The number of rotatable bonds is 2. The second-order valence-electron chi connectivity index (χ2n) is 4.09. The van der Waals surface area contributed by atoms with E-state index in [-0.39, 0.29) is 0 Å². The van der Waals surface area contributed by atoms with Crippen molar-refractivity contribution in [2.75, 3.05) is 0 Å². The van der Waals surface area contributed by atoms with Gasteiger partial charge in [0, 0.05) is 12.2 Å². The number of hydrogen-bond acceptors (Lipinski definition) is 1. The van der Waals surface area contributed by atoms with Gasteiger partial charge in [-0.2, -0.15) is 0 Å². The molecule has 0 radical (unpaired) electrons. The third-order valence-electron chi connectivity index (χ3n) is 3.29. The Morgan fingerprint density at radius 3 is 2.85 bits per heavy atom. The Hall–Kier alpha value is -0.500. The summed E-state index contributed by atoms with van der Waals surface area (Å²) in [6.45, 7) is 4.61. The van der Waals surface area contributed by atoms with Crippen molar-refractivity contribution in [2.45, 2.75) is 32.2 Å². The van der Waals surface area contributed by atoms with E-state index in [1.807, 2.05) is 6.33 Å². The van der Waals surface area contributed by atoms with Gasteiger partial charge in [0.25, 0.3) is 0 Å². The van der Waals surface area contributed by atoms with E-state index >= 15 is 0 Å². The smallest absolute Gasteiger partial charge is 0.0952 e. The van der Waals surface area contributed by atoms with Crippen LogP contribution in [0.5, 0.6) is 0 Å². The highest BCUT2D eigenvalue weighted by Gasteiger charge is 2.35. The number of hydrogen-bond donors (Lipinski definition) is 0. The first-order valence-electron chi connectivity index (χ1n) is 4.80. The largest absolute Gasteiger partial charge is 0.334 e. The summed E-state index contributed by atoms with van der Waals surface area (Å²) in [6, 6.07) is 0.652. The van der Waals surface area contributed by atoms with Crippen molar-refractivity contribution in [3.8, 4) is 0 Å². The highest BCUT2D eigenvalue weighted by molar-refractivity contribution is 6.16. The molecule has 1 aliphatic rings. The molecule has 0 bridgehead atoms. The molecule has 0 aromatic carbocycles. The number of nitrogens with zero attached hydrogens (tertiary/aromatic N) is 2. The van der Waals surface area contributed by atoms with Crippen molar-refractivity contribution in [3.63, 3.8) is 0 Å². The lowest BCUT2D eigenvalue weighted by atomic mass is 9.71. The van der Waals surface area contributed by atoms with Gasteiger partial charge in [0.05, 0.1) is 17.9 Å². The van der Waals surface area contributed by atoms with Crippen molar-refractivity contribution in [1.29, 1.82) is 0 Å². The fourth-order valence-electron chi connectivity index (χ4n) is 2.02. The van der Waals surface area contributed by atoms with Crippen molar-refractivity contribution in [3.05, 3.63) is 18.2 Å². The van der Waals surface area contributed by atoms with E-state index in [1.165, 1.54) is 6.42 Å². The Morgan fingerprint density at radius 2 is 2.38 bits per heavy atom. The molecular weight excluding hydrogens is 184 g/mol. The highest BCUT2D eigenvalue weighted by atomic mass is 35.5. The summed E-state index contributed by atoms with van der Waals surface area (Å²) in [4.78, 5) is 4.23. The Morgan fingerprint density at radius 1 is 1.62 bits per heavy atom. The van der Waals surface area contributed by atoms with E-state index < -0.39 is 0 Å². The first-order valence-corrected chi connectivity index (χ1v) is 5.34. The van der Waals surface area contributed by atoms with Crippen LogP contribution in [0.1, 0.15) is 32.0 Å². The van der Waals surface area contributed by atoms with Crippen molar-refractivity contribution < 1.29 is 0 Å². The van der Waals surface area contributed by atoms with Gasteiger partial charge in [-0.3, -0.25) is 0 Å². The first-order chi connectivity index (χ1) is 6.22. The molecule has 0 spiro atoms. The van der Waals surface area contributed by atoms with Crippen LogP contribution in [0.25, 0.3) is 0 Å². The van der Waals surface area contributed by atoms with Crippen LogP contribution in [-0.2, 0) is 5.88 Å². The van der Waals surface area contributed by atoms with Crippen molar-refractivity contribution in [2.24, 2.45) is 11.8 Å². The molecule has 3 unspecified atom stereocenters. The fraction of sp³-hybridized carbons (Fsp3) is 0.700. The topological polar surface area (TPSA) is 17.8 Å². The summed E-state index contributed by atoms with van der Waals surface area (Å²) in [5.74, 6) is 2.15. The Balaban J connectivity index is 2.09. The van der Waals surface area contributed by atoms with Gasteiger partial charge < -0.3 is 4.57 Å². The van der Waals surface area contributed by atoms with Gasteiger partial charge in [0.15, 0.2) is 0 Å². The summed E-state index contributed by atoms with van der Waals surface area (Å²) in [5.41, 5.74) is 0.980. The summed E-state index contributed by atoms with van der Waals surface area (Å²) in [6.07, 6.45) is 5.25. The van der Waals surface area contributed by atoms with Crippen LogP contribution >= 0.6 is 11.6 Å². The van der Waals surface area contributed by atoms with Crippen LogP contribution in [0.3, 0.4) is 0 Å². The van der Waals surface area contributed by atoms with E-state index in [9.17, 15) is 0 Å². The molecule has 2 rings (SSSR count). The van der Waals surface area contributed by atoms with Crippen LogP contribution < -0.4 is 0 Å². The van der Waals surface area contributed by atoms with Gasteiger partial charge in [-0.1, -0.05) is 13.8 Å². The van der Waals surface area contributed by atoms with Crippen LogP contribution in [0, 0.1) is 11.8 Å². The van der Waals surface area contributed by atoms with E-state index in [4.69, 9.17) is 11.6 Å². The zero-order chi connectivity index (χ0) is 9.42. The number of alkyl halides is 1. The van der Waals surface area contributed by atoms with Gasteiger partial charge >= 0.3 is 0 Å². The SMILES string of the molecule is CC1CC(n2cnc(CCl)c2)C1C. The maximum absolute atomic E-state index is 5.70. The molecule has 72 valence electrons. The Kier molecular flexibility index (Phi) is 2.33. The van der Waals surface area contributed by atoms with Crippen LogP contribution in [0.2, 0.25) is 0 Å². The molecule has 0 aliphatic heterocycles. The van der Waals surface area contributed by atoms with Crippen molar-refractivity contribution in [1.82, 2.24) is 9.55 Å². The Labute approximate surface area is 83.9 Å². The molecule has 13 heavy (non-hydrogen) atoms. The van der Waals surface area contributed by atoms with E-state index in [2.05, 4.69) is 29.6 Å². The normalized spacial score (nSPS) is 33.0. The van der Waals surface area contributed by atoms with Gasteiger partial charge in [-0.15, -0.1) is 11.6 Å². The van der Waals surface area contributed by atoms with Gasteiger partial charge in [-0.05, 0) is 18.3 Å². The lowest BCUT2D eigenvalue weighted by Crippen LogP contribution is -2.34. The zero-order valence-electron chi connectivity index (χ0n) is 8.07. The van der Waals surface area contributed by atoms with Gasteiger partial charge in [0.2, 0.25) is 0 Å². The van der Waals surface area contributed by atoms with E-state index in [1.54, 1.807) is 0 Å². The van der Waals surface area contributed by atoms with Crippen LogP contribution in [0.4, 0.5) is 0 Å². The number of imidazole rings is 1. The van der Waals surface area contributed by atoms with E-state index in [0.29, 0.717) is 11.9 Å². The average Bonchev–Trinajstić information content (AvgIpc) is 2.61. The predicted molar refractivity (Wildman–Crippen MR) is 53.8 cm³/mol. The molecule has 0 N–H and O–H groups in total. The summed E-state index contributed by atoms with van der Waals surface area (Å²) in [5, 5.41) is 0. The number of halogens is 1. The molecular formula is C10H15ClN2. The summed E-state index contributed by atoms with van der Waals surface area (Å²) in [7, 11) is 0. The van der Waals surface area contributed by atoms with Crippen LogP contribution in [-0.4, -0.2) is 9.55 Å². The maximum atomic E-state index is 5.70. The molecule has 1 aromatic heterocycles. The first kappa shape index (κ1) is 9.07. The Bertz CT molecular complexity index is 295. The third kappa shape index (κ3) is 1.48. The lowest BCUT2D eigenvalue weighted by Gasteiger charge is -2.41. The quantitative estimate of drug-likeness (QED) is 0.669. The molecule has 3 heteroatoms. The molecule has 3 atom stereocenters. The minimum absolute atomic E-state index is 0.518. The molecule has 1 fully saturated rings. The third-order valence-corrected chi connectivity index (χ3v) is 3.57. The molecule has 2 nitrogen and oxygen atoms in total. The minimum atomic E-state index is 0.518. The standard InChI is InChI=1S/C10H15ClN2/c1-7-3-10(8(7)2)13-5-9(4-11)12-6-13/h5-8,10H,3-4H2,1-2H3. The molecule has 1 aliphatic carbocycles. The highest BCUT2D eigenvalue weighted by Crippen LogP contribution is 2.43. The molecule has 1 heterocycles. The molecule has 1 saturated carbocycles. The minimum Gasteiger partial charge on any atom is -0.334 e. The molecule has 0 saturated heterocycles. The summed E-state index contributed by atoms with van der Waals surface area (Å²) < 4.78 is 2.21. The monoisotopic (exact) mass is 198 g/mol. The van der Waals surface area contributed by atoms with E-state index in [0.717, 1.165) is 17.5 Å². The van der Waals surface area contributed by atoms with Crippen molar-refractivity contribution >= 4 is 11.6 Å².